The molecule has 1 aromatic heterocycles. The molecule has 0 bridgehead atoms. The summed E-state index contributed by atoms with van der Waals surface area (Å²) < 4.78 is 14.2. The van der Waals surface area contributed by atoms with E-state index in [1.807, 2.05) is 30.3 Å². The van der Waals surface area contributed by atoms with Crippen LogP contribution in [0.3, 0.4) is 0 Å². The van der Waals surface area contributed by atoms with Gasteiger partial charge in [-0.15, -0.1) is 0 Å². The molecule has 0 radical (unpaired) electrons. The Morgan fingerprint density at radius 1 is 1.14 bits per heavy atom. The number of rotatable bonds is 3. The van der Waals surface area contributed by atoms with Crippen molar-refractivity contribution >= 4 is 32.7 Å². The summed E-state index contributed by atoms with van der Waals surface area (Å²) in [5.74, 6) is -0.388. The number of para-hydroxylation sites is 1. The third-order valence-electron chi connectivity index (χ3n) is 2.89. The molecule has 2 amide bonds. The Hall–Kier alpha value is -2.47. The van der Waals surface area contributed by atoms with Crippen molar-refractivity contribution in [3.63, 3.8) is 0 Å². The lowest BCUT2D eigenvalue weighted by atomic mass is 10.2. The molecule has 0 saturated carbocycles. The van der Waals surface area contributed by atoms with Crippen LogP contribution in [-0.2, 0) is 6.54 Å². The zero-order chi connectivity index (χ0) is 14.7. The van der Waals surface area contributed by atoms with E-state index in [1.54, 1.807) is 12.1 Å². The molecule has 3 aromatic rings. The Kier molecular flexibility index (Phi) is 3.79. The molecule has 2 aromatic carbocycles. The van der Waals surface area contributed by atoms with E-state index in [-0.39, 0.29) is 17.4 Å². The molecule has 3 rings (SSSR count). The summed E-state index contributed by atoms with van der Waals surface area (Å²) >= 11 is 1.24. The van der Waals surface area contributed by atoms with Crippen LogP contribution in [0, 0.1) is 5.82 Å². The number of thiazole rings is 1. The Morgan fingerprint density at radius 3 is 2.71 bits per heavy atom. The summed E-state index contributed by atoms with van der Waals surface area (Å²) in [7, 11) is 0. The molecule has 0 saturated heterocycles. The molecule has 1 heterocycles. The van der Waals surface area contributed by atoms with Crippen LogP contribution in [0.15, 0.2) is 48.5 Å². The van der Waals surface area contributed by atoms with Crippen molar-refractivity contribution in [3.8, 4) is 0 Å². The van der Waals surface area contributed by atoms with Gasteiger partial charge in [0, 0.05) is 6.54 Å². The molecule has 21 heavy (non-hydrogen) atoms. The summed E-state index contributed by atoms with van der Waals surface area (Å²) in [6.07, 6.45) is 0. The average Bonchev–Trinajstić information content (AvgIpc) is 2.90. The van der Waals surface area contributed by atoms with Crippen LogP contribution in [0.4, 0.5) is 14.3 Å². The number of amides is 2. The molecule has 2 N–H and O–H groups in total. The third kappa shape index (κ3) is 3.17. The maximum Gasteiger partial charge on any atom is 0.321 e. The van der Waals surface area contributed by atoms with E-state index in [1.165, 1.54) is 17.4 Å². The number of nitrogens with one attached hydrogen (secondary N) is 2. The second-order valence-electron chi connectivity index (χ2n) is 4.40. The molecule has 0 spiro atoms. The van der Waals surface area contributed by atoms with Gasteiger partial charge in [-0.05, 0) is 17.7 Å². The Morgan fingerprint density at radius 2 is 1.95 bits per heavy atom. The highest BCUT2D eigenvalue weighted by molar-refractivity contribution is 7.22. The van der Waals surface area contributed by atoms with Gasteiger partial charge in [-0.3, -0.25) is 5.32 Å². The number of hydrogen-bond donors (Lipinski definition) is 2. The molecule has 0 aliphatic rings. The number of carbonyl (C=O) groups is 1. The fourth-order valence-corrected chi connectivity index (χ4v) is 2.76. The first-order valence-corrected chi connectivity index (χ1v) is 7.18. The number of nitrogens with zero attached hydrogens (tertiary/aromatic N) is 1. The summed E-state index contributed by atoms with van der Waals surface area (Å²) in [6.45, 7) is 0.423. The Balaban J connectivity index is 1.65. The number of fused-ring (bicyclic) bond motifs is 1. The lowest BCUT2D eigenvalue weighted by Crippen LogP contribution is -2.28. The number of anilines is 1. The van der Waals surface area contributed by atoms with Crippen LogP contribution >= 0.6 is 11.3 Å². The first-order valence-electron chi connectivity index (χ1n) is 6.36. The van der Waals surface area contributed by atoms with Crippen LogP contribution in [0.5, 0.6) is 0 Å². The molecule has 0 aliphatic carbocycles. The monoisotopic (exact) mass is 301 g/mol. The Bertz CT molecular complexity index is 773. The highest BCUT2D eigenvalue weighted by atomic mass is 32.1. The molecule has 4 nitrogen and oxygen atoms in total. The first kappa shape index (κ1) is 13.5. The molecule has 0 aliphatic heterocycles. The van der Waals surface area contributed by atoms with E-state index in [4.69, 9.17) is 0 Å². The van der Waals surface area contributed by atoms with E-state index in [0.29, 0.717) is 16.4 Å². The Labute approximate surface area is 124 Å². The SMILES string of the molecule is O=C(NCc1ccccc1)Nc1nc2c(F)cccc2s1. The summed E-state index contributed by atoms with van der Waals surface area (Å²) in [5, 5.41) is 5.72. The van der Waals surface area contributed by atoms with Gasteiger partial charge in [-0.2, -0.15) is 0 Å². The zero-order valence-electron chi connectivity index (χ0n) is 11.0. The van der Waals surface area contributed by atoms with Crippen LogP contribution in [0.1, 0.15) is 5.56 Å². The minimum Gasteiger partial charge on any atom is -0.334 e. The highest BCUT2D eigenvalue weighted by Crippen LogP contribution is 2.27. The van der Waals surface area contributed by atoms with Gasteiger partial charge in [-0.25, -0.2) is 14.2 Å². The predicted octanol–water partition coefficient (Wildman–Crippen LogP) is 3.76. The van der Waals surface area contributed by atoms with Crippen molar-refractivity contribution in [1.82, 2.24) is 10.3 Å². The van der Waals surface area contributed by atoms with E-state index < -0.39 is 0 Å². The number of hydrogen-bond acceptors (Lipinski definition) is 3. The molecule has 6 heteroatoms. The van der Waals surface area contributed by atoms with E-state index in [2.05, 4.69) is 15.6 Å². The molecular formula is C15H12FN3OS. The third-order valence-corrected chi connectivity index (χ3v) is 3.82. The summed E-state index contributed by atoms with van der Waals surface area (Å²) in [6, 6.07) is 14.0. The van der Waals surface area contributed by atoms with Crippen molar-refractivity contribution in [2.75, 3.05) is 5.32 Å². The van der Waals surface area contributed by atoms with Crippen LogP contribution in [0.2, 0.25) is 0 Å². The fraction of sp³-hybridized carbons (Fsp3) is 0.0667. The maximum absolute atomic E-state index is 13.5. The number of carbonyl (C=O) groups excluding carboxylic acids is 1. The van der Waals surface area contributed by atoms with Gasteiger partial charge in [0.1, 0.15) is 11.3 Å². The maximum atomic E-state index is 13.5. The van der Waals surface area contributed by atoms with Crippen molar-refractivity contribution in [3.05, 3.63) is 59.9 Å². The standard InChI is InChI=1S/C15H12FN3OS/c16-11-7-4-8-12-13(11)18-15(21-12)19-14(20)17-9-10-5-2-1-3-6-10/h1-8H,9H2,(H2,17,18,19,20). The second-order valence-corrected chi connectivity index (χ2v) is 5.43. The largest absolute Gasteiger partial charge is 0.334 e. The highest BCUT2D eigenvalue weighted by Gasteiger charge is 2.10. The lowest BCUT2D eigenvalue weighted by molar-refractivity contribution is 0.251. The first-order chi connectivity index (χ1) is 10.2. The van der Waals surface area contributed by atoms with Crippen molar-refractivity contribution in [2.24, 2.45) is 0 Å². The fourth-order valence-electron chi connectivity index (χ4n) is 1.89. The van der Waals surface area contributed by atoms with Gasteiger partial charge in [0.05, 0.1) is 4.70 Å². The van der Waals surface area contributed by atoms with Gasteiger partial charge in [0.15, 0.2) is 5.13 Å². The van der Waals surface area contributed by atoms with Crippen LogP contribution in [-0.4, -0.2) is 11.0 Å². The quantitative estimate of drug-likeness (QED) is 0.774. The van der Waals surface area contributed by atoms with Gasteiger partial charge >= 0.3 is 6.03 Å². The van der Waals surface area contributed by atoms with Crippen LogP contribution in [0.25, 0.3) is 10.2 Å². The van der Waals surface area contributed by atoms with Gasteiger partial charge in [-0.1, -0.05) is 47.7 Å². The molecule has 0 unspecified atom stereocenters. The molecule has 0 fully saturated rings. The topological polar surface area (TPSA) is 54.0 Å². The van der Waals surface area contributed by atoms with Crippen molar-refractivity contribution < 1.29 is 9.18 Å². The predicted molar refractivity (Wildman–Crippen MR) is 81.9 cm³/mol. The molecule has 0 atom stereocenters. The summed E-state index contributed by atoms with van der Waals surface area (Å²) in [4.78, 5) is 15.9. The van der Waals surface area contributed by atoms with Crippen LogP contribution < -0.4 is 10.6 Å². The number of aromatic nitrogens is 1. The van der Waals surface area contributed by atoms with E-state index in [0.717, 1.165) is 5.56 Å². The zero-order valence-corrected chi connectivity index (χ0v) is 11.8. The minimum atomic E-state index is -0.388. The minimum absolute atomic E-state index is 0.279. The van der Waals surface area contributed by atoms with Gasteiger partial charge in [0.25, 0.3) is 0 Å². The molecular weight excluding hydrogens is 289 g/mol. The lowest BCUT2D eigenvalue weighted by Gasteiger charge is -2.04. The average molecular weight is 301 g/mol. The smallest absolute Gasteiger partial charge is 0.321 e. The van der Waals surface area contributed by atoms with Gasteiger partial charge < -0.3 is 5.32 Å². The van der Waals surface area contributed by atoms with Crippen molar-refractivity contribution in [2.45, 2.75) is 6.54 Å². The van der Waals surface area contributed by atoms with Gasteiger partial charge in [0.2, 0.25) is 0 Å². The normalized spacial score (nSPS) is 10.5. The summed E-state index contributed by atoms with van der Waals surface area (Å²) in [5.41, 5.74) is 1.28. The second kappa shape index (κ2) is 5.88. The number of halogens is 1. The number of benzene rings is 2. The molecule has 106 valence electrons. The van der Waals surface area contributed by atoms with E-state index in [9.17, 15) is 9.18 Å². The van der Waals surface area contributed by atoms with E-state index >= 15 is 0 Å². The number of urea groups is 1. The van der Waals surface area contributed by atoms with Crippen molar-refractivity contribution in [1.29, 1.82) is 0 Å².